The molecule has 5 heteroatoms. The average Bonchev–Trinajstić information content (AvgIpc) is 2.19. The van der Waals surface area contributed by atoms with Gasteiger partial charge in [0, 0.05) is 0 Å². The van der Waals surface area contributed by atoms with Gasteiger partial charge in [-0.05, 0) is 30.5 Å². The number of halogens is 1. The lowest BCUT2D eigenvalue weighted by molar-refractivity contribution is 0.503. The minimum Gasteiger partial charge on any atom is -0.371 e. The Bertz CT molecular complexity index is 411. The van der Waals surface area contributed by atoms with Crippen molar-refractivity contribution in [2.75, 3.05) is 0 Å². The molecular weight excluding hydrogens is 248 g/mol. The van der Waals surface area contributed by atoms with Crippen LogP contribution in [0.5, 0.6) is 5.75 Å². The molecule has 0 saturated carbocycles. The molecule has 0 aromatic heterocycles. The molecule has 0 radical (unpaired) electrons. The van der Waals surface area contributed by atoms with Crippen LogP contribution >= 0.6 is 10.7 Å². The highest BCUT2D eigenvalue weighted by Gasteiger charge is 2.06. The fraction of sp³-hybridized carbons (Fsp3) is 0.455. The molecule has 0 N–H and O–H groups in total. The minimum absolute atomic E-state index is 0.245. The van der Waals surface area contributed by atoms with Crippen molar-refractivity contribution >= 4 is 20.0 Å². The largest absolute Gasteiger partial charge is 0.401 e. The van der Waals surface area contributed by atoms with Crippen LogP contribution in [0.2, 0.25) is 0 Å². The Labute approximate surface area is 101 Å². The van der Waals surface area contributed by atoms with Gasteiger partial charge in [0.05, 0.1) is 10.7 Å². The third-order valence-corrected chi connectivity index (χ3v) is 2.77. The van der Waals surface area contributed by atoms with E-state index < -0.39 is 9.33 Å². The van der Waals surface area contributed by atoms with E-state index in [4.69, 9.17) is 10.7 Å². The molecule has 0 saturated heterocycles. The van der Waals surface area contributed by atoms with Crippen molar-refractivity contribution < 1.29 is 12.6 Å². The maximum atomic E-state index is 10.6. The van der Waals surface area contributed by atoms with E-state index in [0.717, 1.165) is 12.8 Å². The predicted octanol–water partition coefficient (Wildman–Crippen LogP) is 3.28. The van der Waals surface area contributed by atoms with Crippen molar-refractivity contribution in [3.05, 3.63) is 29.8 Å². The maximum absolute atomic E-state index is 10.6. The van der Waals surface area contributed by atoms with Crippen molar-refractivity contribution in [1.29, 1.82) is 0 Å². The topological polar surface area (TPSA) is 43.4 Å². The van der Waals surface area contributed by atoms with Crippen LogP contribution in [-0.2, 0) is 15.8 Å². The van der Waals surface area contributed by atoms with Crippen LogP contribution in [0.3, 0.4) is 0 Å². The molecule has 0 amide bonds. The average molecular weight is 263 g/mol. The number of hydrogen-bond acceptors (Lipinski definition) is 3. The van der Waals surface area contributed by atoms with Crippen LogP contribution in [-0.4, -0.2) is 8.42 Å². The van der Waals surface area contributed by atoms with Gasteiger partial charge in [0.2, 0.25) is 0 Å². The number of hydrogen-bond donors (Lipinski definition) is 0. The molecule has 90 valence electrons. The molecule has 0 aliphatic carbocycles. The molecule has 0 aliphatic heterocycles. The van der Waals surface area contributed by atoms with E-state index in [-0.39, 0.29) is 5.75 Å². The van der Waals surface area contributed by atoms with E-state index in [0.29, 0.717) is 0 Å². The first-order valence-electron chi connectivity index (χ1n) is 5.24. The summed E-state index contributed by atoms with van der Waals surface area (Å²) in [4.78, 5) is 0. The van der Waals surface area contributed by atoms with Crippen LogP contribution in [0.1, 0.15) is 31.7 Å². The summed E-state index contributed by atoms with van der Waals surface area (Å²) in [6.45, 7) is 2.16. The van der Waals surface area contributed by atoms with Gasteiger partial charge in [-0.25, -0.2) is 0 Å². The SMILES string of the molecule is CCCCCc1ccc(OS(=O)(=O)Cl)cc1. The Kier molecular flexibility index (Phi) is 5.09. The van der Waals surface area contributed by atoms with E-state index in [1.54, 1.807) is 12.1 Å². The first-order valence-corrected chi connectivity index (χ1v) is 7.47. The van der Waals surface area contributed by atoms with Gasteiger partial charge in [-0.15, -0.1) is 0 Å². The zero-order valence-corrected chi connectivity index (χ0v) is 10.7. The number of benzene rings is 1. The molecular formula is C11H15ClO3S. The minimum atomic E-state index is -3.94. The molecule has 0 atom stereocenters. The van der Waals surface area contributed by atoms with Gasteiger partial charge in [-0.3, -0.25) is 0 Å². The fourth-order valence-electron chi connectivity index (χ4n) is 1.41. The molecule has 3 nitrogen and oxygen atoms in total. The third-order valence-electron chi connectivity index (χ3n) is 2.19. The first-order chi connectivity index (χ1) is 7.51. The molecule has 1 aromatic rings. The summed E-state index contributed by atoms with van der Waals surface area (Å²) < 4.78 is 25.8. The van der Waals surface area contributed by atoms with Crippen LogP contribution in [0.25, 0.3) is 0 Å². The monoisotopic (exact) mass is 262 g/mol. The van der Waals surface area contributed by atoms with Gasteiger partial charge in [-0.1, -0.05) is 31.9 Å². The van der Waals surface area contributed by atoms with Gasteiger partial charge in [0.25, 0.3) is 0 Å². The van der Waals surface area contributed by atoms with Crippen LogP contribution in [0.4, 0.5) is 0 Å². The highest BCUT2D eigenvalue weighted by Crippen LogP contribution is 2.17. The van der Waals surface area contributed by atoms with Crippen molar-refractivity contribution in [3.8, 4) is 5.75 Å². The maximum Gasteiger partial charge on any atom is 0.401 e. The van der Waals surface area contributed by atoms with Crippen LogP contribution < -0.4 is 4.18 Å². The lowest BCUT2D eigenvalue weighted by Crippen LogP contribution is -1.99. The lowest BCUT2D eigenvalue weighted by Gasteiger charge is -2.03. The molecule has 0 spiro atoms. The van der Waals surface area contributed by atoms with E-state index in [1.165, 1.54) is 18.4 Å². The Hall–Kier alpha value is -0.740. The van der Waals surface area contributed by atoms with Crippen molar-refractivity contribution in [1.82, 2.24) is 0 Å². The number of aryl methyl sites for hydroxylation is 1. The van der Waals surface area contributed by atoms with E-state index in [9.17, 15) is 8.42 Å². The molecule has 0 bridgehead atoms. The lowest BCUT2D eigenvalue weighted by atomic mass is 10.1. The molecule has 1 rings (SSSR count). The van der Waals surface area contributed by atoms with Gasteiger partial charge in [-0.2, -0.15) is 8.42 Å². The quantitative estimate of drug-likeness (QED) is 0.584. The second-order valence-electron chi connectivity index (χ2n) is 3.58. The Balaban J connectivity index is 2.54. The van der Waals surface area contributed by atoms with Gasteiger partial charge in [0.1, 0.15) is 5.75 Å². The Morgan fingerprint density at radius 2 is 1.81 bits per heavy atom. The smallest absolute Gasteiger partial charge is 0.371 e. The van der Waals surface area contributed by atoms with E-state index >= 15 is 0 Å². The standard InChI is InChI=1S/C11H15ClO3S/c1-2-3-4-5-10-6-8-11(9-7-10)15-16(12,13)14/h6-9H,2-5H2,1H3. The molecule has 0 heterocycles. The first kappa shape index (κ1) is 13.3. The zero-order chi connectivity index (χ0) is 12.0. The summed E-state index contributed by atoms with van der Waals surface area (Å²) in [6, 6.07) is 6.93. The molecule has 16 heavy (non-hydrogen) atoms. The summed E-state index contributed by atoms with van der Waals surface area (Å²) in [6.07, 6.45) is 4.53. The molecule has 0 aliphatic rings. The second kappa shape index (κ2) is 6.11. The van der Waals surface area contributed by atoms with Crippen LogP contribution in [0.15, 0.2) is 24.3 Å². The molecule has 1 aromatic carbocycles. The van der Waals surface area contributed by atoms with Crippen molar-refractivity contribution in [2.24, 2.45) is 0 Å². The third kappa shape index (κ3) is 5.37. The van der Waals surface area contributed by atoms with Crippen LogP contribution in [0, 0.1) is 0 Å². The van der Waals surface area contributed by atoms with Crippen molar-refractivity contribution in [2.45, 2.75) is 32.6 Å². The van der Waals surface area contributed by atoms with Gasteiger partial charge < -0.3 is 4.18 Å². The number of unbranched alkanes of at least 4 members (excludes halogenated alkanes) is 2. The molecule has 0 fully saturated rings. The predicted molar refractivity (Wildman–Crippen MR) is 65.1 cm³/mol. The second-order valence-corrected chi connectivity index (χ2v) is 5.66. The zero-order valence-electron chi connectivity index (χ0n) is 9.15. The van der Waals surface area contributed by atoms with Gasteiger partial charge in [0.15, 0.2) is 0 Å². The Morgan fingerprint density at radius 1 is 1.19 bits per heavy atom. The summed E-state index contributed by atoms with van der Waals surface area (Å²) >= 11 is 0. The van der Waals surface area contributed by atoms with Crippen molar-refractivity contribution in [3.63, 3.8) is 0 Å². The summed E-state index contributed by atoms with van der Waals surface area (Å²) in [5.74, 6) is 0.245. The summed E-state index contributed by atoms with van der Waals surface area (Å²) in [5.41, 5.74) is 1.17. The number of rotatable bonds is 6. The Morgan fingerprint density at radius 3 is 2.31 bits per heavy atom. The van der Waals surface area contributed by atoms with Gasteiger partial charge >= 0.3 is 9.33 Å². The van der Waals surface area contributed by atoms with E-state index in [1.807, 2.05) is 12.1 Å². The summed E-state index contributed by atoms with van der Waals surface area (Å²) in [5, 5.41) is 0. The van der Waals surface area contributed by atoms with E-state index in [2.05, 4.69) is 11.1 Å². The highest BCUT2D eigenvalue weighted by atomic mass is 35.7. The highest BCUT2D eigenvalue weighted by molar-refractivity contribution is 8.10. The summed E-state index contributed by atoms with van der Waals surface area (Å²) in [7, 11) is 1.02. The fourth-order valence-corrected chi connectivity index (χ4v) is 1.96. The normalized spacial score (nSPS) is 11.4. The molecule has 0 unspecified atom stereocenters.